The van der Waals surface area contributed by atoms with Crippen LogP contribution >= 0.6 is 0 Å². The van der Waals surface area contributed by atoms with Crippen LogP contribution in [0.4, 0.5) is 21.7 Å². The molecule has 2 aromatic rings. The average Bonchev–Trinajstić information content (AvgIpc) is 3.10. The van der Waals surface area contributed by atoms with E-state index in [0.29, 0.717) is 22.9 Å². The molecule has 0 radical (unpaired) electrons. The number of carbonyl (C=O) groups is 2. The molecule has 2 aliphatic rings. The Labute approximate surface area is 191 Å². The average molecular weight is 452 g/mol. The van der Waals surface area contributed by atoms with Gasteiger partial charge < -0.3 is 21.3 Å². The molecule has 0 aromatic carbocycles. The number of hydrogen-bond acceptors (Lipinski definition) is 7. The first kappa shape index (κ1) is 22.6. The Morgan fingerprint density at radius 2 is 2.06 bits per heavy atom. The van der Waals surface area contributed by atoms with E-state index in [2.05, 4.69) is 20.6 Å². The van der Waals surface area contributed by atoms with Crippen LogP contribution in [-0.2, 0) is 4.79 Å². The van der Waals surface area contributed by atoms with Crippen molar-refractivity contribution in [3.05, 3.63) is 41.7 Å². The minimum absolute atomic E-state index is 0.0338. The molecule has 9 nitrogen and oxygen atoms in total. The lowest BCUT2D eigenvalue weighted by Gasteiger charge is -2.29. The molecule has 1 aliphatic heterocycles. The molecule has 2 fully saturated rings. The molecule has 1 aliphatic carbocycles. The molecule has 4 N–H and O–H groups in total. The Balaban J connectivity index is 1.45. The van der Waals surface area contributed by atoms with Gasteiger partial charge in [-0.3, -0.25) is 9.59 Å². The summed E-state index contributed by atoms with van der Waals surface area (Å²) in [5, 5.41) is 15.0. The Kier molecular flexibility index (Phi) is 6.24. The largest absolute Gasteiger partial charge is 0.348 e. The van der Waals surface area contributed by atoms with Gasteiger partial charge >= 0.3 is 0 Å². The number of nitrogens with two attached hydrogens (primary N) is 1. The summed E-state index contributed by atoms with van der Waals surface area (Å²) in [7, 11) is 0. The fourth-order valence-corrected chi connectivity index (χ4v) is 4.27. The molecule has 2 aromatic heterocycles. The fourth-order valence-electron chi connectivity index (χ4n) is 4.27. The van der Waals surface area contributed by atoms with Crippen molar-refractivity contribution in [1.29, 1.82) is 5.26 Å². The normalized spacial score (nSPS) is 24.9. The molecule has 3 atom stereocenters. The first-order valence-electron chi connectivity index (χ1n) is 11.0. The van der Waals surface area contributed by atoms with Gasteiger partial charge in [-0.1, -0.05) is 12.8 Å². The molecule has 4 rings (SSSR count). The number of nitrogens with zero attached hydrogens (tertiary/aromatic N) is 4. The number of halogens is 1. The van der Waals surface area contributed by atoms with Crippen molar-refractivity contribution in [1.82, 2.24) is 15.3 Å². The number of aryl methyl sites for hydroxylation is 1. The molecule has 1 saturated heterocycles. The monoisotopic (exact) mass is 451 g/mol. The van der Waals surface area contributed by atoms with Gasteiger partial charge in [-0.15, -0.1) is 0 Å². The van der Waals surface area contributed by atoms with E-state index in [0.717, 1.165) is 31.2 Å². The topological polar surface area (TPSA) is 137 Å². The predicted octanol–water partition coefficient (Wildman–Crippen LogP) is 2.50. The number of carbonyl (C=O) groups excluding carboxylic acids is 2. The molecule has 10 heteroatoms. The number of amides is 2. The van der Waals surface area contributed by atoms with Gasteiger partial charge in [0.2, 0.25) is 0 Å². The zero-order chi connectivity index (χ0) is 23.6. The molecular formula is C23H26FN7O2. The molecule has 172 valence electrons. The van der Waals surface area contributed by atoms with E-state index >= 15 is 0 Å². The van der Waals surface area contributed by atoms with Crippen molar-refractivity contribution in [2.24, 2.45) is 5.73 Å². The SMILES string of the molecule is Cc1cc(Nc2cc(N3CC[C@](F)(C#N)C3=O)ccn2)ncc1C(=O)NC1CCCCC1N. The maximum absolute atomic E-state index is 14.3. The molecule has 0 bridgehead atoms. The van der Waals surface area contributed by atoms with Gasteiger partial charge in [0.1, 0.15) is 17.7 Å². The van der Waals surface area contributed by atoms with Crippen molar-refractivity contribution in [3.8, 4) is 6.07 Å². The quantitative estimate of drug-likeness (QED) is 0.635. The summed E-state index contributed by atoms with van der Waals surface area (Å²) in [5.74, 6) is -0.212. The minimum Gasteiger partial charge on any atom is -0.348 e. The molecule has 2 unspecified atom stereocenters. The Morgan fingerprint density at radius 3 is 2.76 bits per heavy atom. The second-order valence-corrected chi connectivity index (χ2v) is 8.56. The summed E-state index contributed by atoms with van der Waals surface area (Å²) in [6.45, 7) is 1.93. The highest BCUT2D eigenvalue weighted by Crippen LogP contribution is 2.31. The van der Waals surface area contributed by atoms with Crippen molar-refractivity contribution in [2.75, 3.05) is 16.8 Å². The molecule has 3 heterocycles. The summed E-state index contributed by atoms with van der Waals surface area (Å²) in [6.07, 6.45) is 6.72. The first-order chi connectivity index (χ1) is 15.8. The minimum atomic E-state index is -2.49. The van der Waals surface area contributed by atoms with Crippen LogP contribution in [0.1, 0.15) is 48.0 Å². The van der Waals surface area contributed by atoms with Gasteiger partial charge in [-0.05, 0) is 37.5 Å². The van der Waals surface area contributed by atoms with Gasteiger partial charge in [-0.25, -0.2) is 14.4 Å². The number of nitriles is 1. The number of alkyl halides is 1. The van der Waals surface area contributed by atoms with Gasteiger partial charge in [0.05, 0.1) is 5.56 Å². The lowest BCUT2D eigenvalue weighted by Crippen LogP contribution is -2.49. The number of pyridine rings is 2. The maximum atomic E-state index is 14.3. The summed E-state index contributed by atoms with van der Waals surface area (Å²) in [5.41, 5.74) is 5.28. The highest BCUT2D eigenvalue weighted by atomic mass is 19.1. The summed E-state index contributed by atoms with van der Waals surface area (Å²) in [6, 6.07) is 6.28. The van der Waals surface area contributed by atoms with Crippen LogP contribution in [0.15, 0.2) is 30.6 Å². The van der Waals surface area contributed by atoms with Gasteiger partial charge in [-0.2, -0.15) is 5.26 Å². The van der Waals surface area contributed by atoms with Crippen molar-refractivity contribution in [2.45, 2.75) is 56.8 Å². The maximum Gasteiger partial charge on any atom is 0.279 e. The molecular weight excluding hydrogens is 425 g/mol. The van der Waals surface area contributed by atoms with Crippen LogP contribution in [0.5, 0.6) is 0 Å². The molecule has 1 saturated carbocycles. The van der Waals surface area contributed by atoms with E-state index in [9.17, 15) is 14.0 Å². The third kappa shape index (κ3) is 4.64. The van der Waals surface area contributed by atoms with Crippen molar-refractivity contribution >= 4 is 29.1 Å². The van der Waals surface area contributed by atoms with Gasteiger partial charge in [0.25, 0.3) is 17.5 Å². The molecule has 33 heavy (non-hydrogen) atoms. The predicted molar refractivity (Wildman–Crippen MR) is 121 cm³/mol. The molecule has 0 spiro atoms. The van der Waals surface area contributed by atoms with Gasteiger partial charge in [0, 0.05) is 49.2 Å². The van der Waals surface area contributed by atoms with E-state index in [1.807, 2.05) is 6.92 Å². The standard InChI is InChI=1S/C23H26FN7O2/c1-14-10-19(28-12-16(14)21(32)29-18-5-3-2-4-17(18)26)30-20-11-15(6-8-27-20)31-9-7-23(24,13-25)22(31)33/h6,8,10-12,17-18H,2-5,7,9,26H2,1H3,(H,29,32)(H,27,28,30)/t17?,18?,23-/m0/s1. The highest BCUT2D eigenvalue weighted by Gasteiger charge is 2.48. The van der Waals surface area contributed by atoms with E-state index < -0.39 is 11.6 Å². The Morgan fingerprint density at radius 1 is 1.30 bits per heavy atom. The summed E-state index contributed by atoms with van der Waals surface area (Å²) >= 11 is 0. The van der Waals surface area contributed by atoms with E-state index in [1.165, 1.54) is 23.4 Å². The highest BCUT2D eigenvalue weighted by molar-refractivity contribution is 6.04. The first-order valence-corrected chi connectivity index (χ1v) is 11.0. The van der Waals surface area contributed by atoms with E-state index in [-0.39, 0.29) is 31.0 Å². The smallest absolute Gasteiger partial charge is 0.279 e. The Bertz CT molecular complexity index is 1120. The van der Waals surface area contributed by atoms with Crippen LogP contribution in [0.25, 0.3) is 0 Å². The van der Waals surface area contributed by atoms with Gasteiger partial charge in [0.15, 0.2) is 0 Å². The van der Waals surface area contributed by atoms with E-state index in [4.69, 9.17) is 11.0 Å². The number of nitrogens with one attached hydrogen (secondary N) is 2. The fraction of sp³-hybridized carbons (Fsp3) is 0.435. The lowest BCUT2D eigenvalue weighted by molar-refractivity contribution is -0.124. The number of hydrogen-bond donors (Lipinski definition) is 3. The third-order valence-electron chi connectivity index (χ3n) is 6.24. The second kappa shape index (κ2) is 9.11. The van der Waals surface area contributed by atoms with Crippen LogP contribution in [0.2, 0.25) is 0 Å². The summed E-state index contributed by atoms with van der Waals surface area (Å²) < 4.78 is 14.3. The van der Waals surface area contributed by atoms with Crippen LogP contribution in [0, 0.1) is 18.3 Å². The number of anilines is 3. The second-order valence-electron chi connectivity index (χ2n) is 8.56. The Hall–Kier alpha value is -3.58. The molecule has 2 amide bonds. The number of aromatic nitrogens is 2. The third-order valence-corrected chi connectivity index (χ3v) is 6.24. The summed E-state index contributed by atoms with van der Waals surface area (Å²) in [4.78, 5) is 34.8. The lowest BCUT2D eigenvalue weighted by atomic mass is 9.91. The van der Waals surface area contributed by atoms with Crippen LogP contribution in [-0.4, -0.2) is 46.1 Å². The van der Waals surface area contributed by atoms with Crippen molar-refractivity contribution in [3.63, 3.8) is 0 Å². The van der Waals surface area contributed by atoms with Crippen LogP contribution < -0.4 is 21.3 Å². The zero-order valence-electron chi connectivity index (χ0n) is 18.3. The zero-order valence-corrected chi connectivity index (χ0v) is 18.3. The van der Waals surface area contributed by atoms with Crippen molar-refractivity contribution < 1.29 is 14.0 Å². The van der Waals surface area contributed by atoms with Crippen LogP contribution in [0.3, 0.4) is 0 Å². The van der Waals surface area contributed by atoms with E-state index in [1.54, 1.807) is 18.2 Å². The number of rotatable bonds is 5.